The summed E-state index contributed by atoms with van der Waals surface area (Å²) in [5, 5.41) is 4.42. The van der Waals surface area contributed by atoms with E-state index in [1.165, 1.54) is 31.4 Å². The highest BCUT2D eigenvalue weighted by atomic mass is 32.2. The minimum Gasteiger partial charge on any atom is -0.381 e. The van der Waals surface area contributed by atoms with Gasteiger partial charge in [-0.05, 0) is 25.8 Å². The summed E-state index contributed by atoms with van der Waals surface area (Å²) < 4.78 is 5.37. The zero-order valence-electron chi connectivity index (χ0n) is 10.1. The summed E-state index contributed by atoms with van der Waals surface area (Å²) in [6.45, 7) is 7.50. The zero-order chi connectivity index (χ0) is 10.9. The predicted octanol–water partition coefficient (Wildman–Crippen LogP) is 2.68. The fraction of sp³-hybridized carbons (Fsp3) is 1.00. The van der Waals surface area contributed by atoms with Crippen molar-refractivity contribution in [3.63, 3.8) is 0 Å². The Hall–Kier alpha value is 0.270. The molecule has 0 aromatic heterocycles. The third-order valence-electron chi connectivity index (χ3n) is 2.83. The van der Waals surface area contributed by atoms with Gasteiger partial charge in [0.25, 0.3) is 0 Å². The van der Waals surface area contributed by atoms with Gasteiger partial charge in [0.05, 0.1) is 0 Å². The Morgan fingerprint density at radius 3 is 2.67 bits per heavy atom. The number of ether oxygens (including phenoxy) is 1. The second kappa shape index (κ2) is 8.43. The Balaban J connectivity index is 2.13. The fourth-order valence-corrected chi connectivity index (χ4v) is 3.29. The van der Waals surface area contributed by atoms with E-state index in [2.05, 4.69) is 30.9 Å². The van der Waals surface area contributed by atoms with Gasteiger partial charge in [-0.15, -0.1) is 0 Å². The molecule has 0 amide bonds. The van der Waals surface area contributed by atoms with Crippen LogP contribution in [0.3, 0.4) is 0 Å². The predicted molar refractivity (Wildman–Crippen MR) is 68.7 cm³/mol. The van der Waals surface area contributed by atoms with Crippen LogP contribution >= 0.6 is 11.8 Å². The van der Waals surface area contributed by atoms with E-state index in [0.717, 1.165) is 25.0 Å². The first-order chi connectivity index (χ1) is 7.36. The summed E-state index contributed by atoms with van der Waals surface area (Å²) in [6.07, 6.45) is 5.08. The van der Waals surface area contributed by atoms with Crippen LogP contribution in [0.4, 0.5) is 0 Å². The van der Waals surface area contributed by atoms with Gasteiger partial charge in [-0.25, -0.2) is 0 Å². The number of nitrogens with one attached hydrogen (secondary N) is 1. The lowest BCUT2D eigenvalue weighted by molar-refractivity contribution is 0.1000. The summed E-state index contributed by atoms with van der Waals surface area (Å²) in [5.74, 6) is 1.27. The van der Waals surface area contributed by atoms with E-state index in [-0.39, 0.29) is 0 Å². The minimum absolute atomic E-state index is 0.716. The maximum atomic E-state index is 5.37. The molecule has 1 unspecified atom stereocenters. The van der Waals surface area contributed by atoms with Crippen molar-refractivity contribution < 1.29 is 4.74 Å². The first-order valence-electron chi connectivity index (χ1n) is 6.29. The van der Waals surface area contributed by atoms with Crippen LogP contribution in [0, 0.1) is 0 Å². The molecule has 1 rings (SSSR count). The molecule has 1 aliphatic rings. The van der Waals surface area contributed by atoms with Gasteiger partial charge in [0.2, 0.25) is 0 Å². The summed E-state index contributed by atoms with van der Waals surface area (Å²) >= 11 is 2.14. The van der Waals surface area contributed by atoms with Crippen molar-refractivity contribution in [2.24, 2.45) is 0 Å². The third kappa shape index (κ3) is 5.79. The van der Waals surface area contributed by atoms with E-state index >= 15 is 0 Å². The average molecular weight is 231 g/mol. The lowest BCUT2D eigenvalue weighted by atomic mass is 10.2. The van der Waals surface area contributed by atoms with Crippen LogP contribution < -0.4 is 5.32 Å². The van der Waals surface area contributed by atoms with Gasteiger partial charge >= 0.3 is 0 Å². The van der Waals surface area contributed by atoms with Crippen molar-refractivity contribution in [1.29, 1.82) is 0 Å². The van der Waals surface area contributed by atoms with Crippen molar-refractivity contribution >= 4 is 11.8 Å². The summed E-state index contributed by atoms with van der Waals surface area (Å²) in [5.41, 5.74) is 0. The second-order valence-electron chi connectivity index (χ2n) is 4.19. The van der Waals surface area contributed by atoms with Crippen molar-refractivity contribution in [2.45, 2.75) is 50.8 Å². The smallest absolute Gasteiger partial charge is 0.0476 e. The van der Waals surface area contributed by atoms with Crippen molar-refractivity contribution in [3.8, 4) is 0 Å². The molecule has 90 valence electrons. The maximum absolute atomic E-state index is 5.37. The molecule has 2 nitrogen and oxygen atoms in total. The zero-order valence-corrected chi connectivity index (χ0v) is 10.9. The van der Waals surface area contributed by atoms with Gasteiger partial charge in [-0.1, -0.05) is 20.3 Å². The molecule has 1 atom stereocenters. The first kappa shape index (κ1) is 13.3. The summed E-state index contributed by atoms with van der Waals surface area (Å²) in [7, 11) is 0. The fourth-order valence-electron chi connectivity index (χ4n) is 1.98. The van der Waals surface area contributed by atoms with Gasteiger partial charge in [0.1, 0.15) is 0 Å². The molecule has 0 aliphatic carbocycles. The molecule has 1 fully saturated rings. The SMILES string of the molecule is CCCC(CSC1CCOCC1)NCC. The quantitative estimate of drug-likeness (QED) is 0.728. The second-order valence-corrected chi connectivity index (χ2v) is 5.52. The Bertz CT molecular complexity index is 143. The van der Waals surface area contributed by atoms with Crippen molar-refractivity contribution in [2.75, 3.05) is 25.5 Å². The Morgan fingerprint density at radius 2 is 2.07 bits per heavy atom. The van der Waals surface area contributed by atoms with Crippen LogP contribution in [0.5, 0.6) is 0 Å². The molecular formula is C12H25NOS. The van der Waals surface area contributed by atoms with E-state index in [4.69, 9.17) is 4.74 Å². The van der Waals surface area contributed by atoms with E-state index in [1.807, 2.05) is 0 Å². The molecule has 0 aromatic rings. The van der Waals surface area contributed by atoms with Crippen LogP contribution in [0.25, 0.3) is 0 Å². The molecule has 0 radical (unpaired) electrons. The van der Waals surface area contributed by atoms with Gasteiger partial charge in [-0.3, -0.25) is 0 Å². The van der Waals surface area contributed by atoms with E-state index < -0.39 is 0 Å². The molecule has 3 heteroatoms. The number of rotatable bonds is 7. The molecule has 0 saturated carbocycles. The summed E-state index contributed by atoms with van der Waals surface area (Å²) in [6, 6.07) is 0.716. The summed E-state index contributed by atoms with van der Waals surface area (Å²) in [4.78, 5) is 0. The monoisotopic (exact) mass is 231 g/mol. The Labute approximate surface area is 98.5 Å². The largest absolute Gasteiger partial charge is 0.381 e. The normalized spacial score (nSPS) is 20.4. The molecule has 0 aromatic carbocycles. The van der Waals surface area contributed by atoms with Crippen LogP contribution in [0.2, 0.25) is 0 Å². The van der Waals surface area contributed by atoms with Gasteiger partial charge in [-0.2, -0.15) is 11.8 Å². The topological polar surface area (TPSA) is 21.3 Å². The van der Waals surface area contributed by atoms with E-state index in [9.17, 15) is 0 Å². The van der Waals surface area contributed by atoms with E-state index in [0.29, 0.717) is 6.04 Å². The molecule has 1 aliphatic heterocycles. The maximum Gasteiger partial charge on any atom is 0.0476 e. The highest BCUT2D eigenvalue weighted by Gasteiger charge is 2.16. The standard InChI is InChI=1S/C12H25NOS/c1-3-5-11(13-4-2)10-15-12-6-8-14-9-7-12/h11-13H,3-10H2,1-2H3. The Morgan fingerprint density at radius 1 is 1.33 bits per heavy atom. The lowest BCUT2D eigenvalue weighted by Crippen LogP contribution is -2.32. The highest BCUT2D eigenvalue weighted by molar-refractivity contribution is 7.99. The average Bonchev–Trinajstić information content (AvgIpc) is 2.28. The molecule has 1 N–H and O–H groups in total. The van der Waals surface area contributed by atoms with Crippen LogP contribution in [-0.4, -0.2) is 36.8 Å². The van der Waals surface area contributed by atoms with Crippen LogP contribution in [0.1, 0.15) is 39.5 Å². The molecule has 0 spiro atoms. The number of hydrogen-bond donors (Lipinski definition) is 1. The van der Waals surface area contributed by atoms with Gasteiger partial charge < -0.3 is 10.1 Å². The first-order valence-corrected chi connectivity index (χ1v) is 7.34. The lowest BCUT2D eigenvalue weighted by Gasteiger charge is -2.24. The number of hydrogen-bond acceptors (Lipinski definition) is 3. The minimum atomic E-state index is 0.716. The molecular weight excluding hydrogens is 206 g/mol. The Kier molecular flexibility index (Phi) is 7.49. The van der Waals surface area contributed by atoms with E-state index in [1.54, 1.807) is 0 Å². The molecule has 0 bridgehead atoms. The van der Waals surface area contributed by atoms with Crippen LogP contribution in [0.15, 0.2) is 0 Å². The molecule has 15 heavy (non-hydrogen) atoms. The van der Waals surface area contributed by atoms with Gasteiger partial charge in [0, 0.05) is 30.3 Å². The number of thioether (sulfide) groups is 1. The third-order valence-corrected chi connectivity index (χ3v) is 4.37. The van der Waals surface area contributed by atoms with Crippen LogP contribution in [-0.2, 0) is 4.74 Å². The van der Waals surface area contributed by atoms with Crippen molar-refractivity contribution in [1.82, 2.24) is 5.32 Å². The van der Waals surface area contributed by atoms with Crippen molar-refractivity contribution in [3.05, 3.63) is 0 Å². The van der Waals surface area contributed by atoms with Gasteiger partial charge in [0.15, 0.2) is 0 Å². The highest BCUT2D eigenvalue weighted by Crippen LogP contribution is 2.23. The molecule has 1 heterocycles. The molecule has 1 saturated heterocycles.